The van der Waals surface area contributed by atoms with Crippen LogP contribution in [0.3, 0.4) is 0 Å². The summed E-state index contributed by atoms with van der Waals surface area (Å²) in [7, 11) is 0. The van der Waals surface area contributed by atoms with E-state index in [1.54, 1.807) is 12.4 Å². The second-order valence-electron chi connectivity index (χ2n) is 5.27. The van der Waals surface area contributed by atoms with Crippen LogP contribution in [0.15, 0.2) is 12.4 Å². The van der Waals surface area contributed by atoms with Gasteiger partial charge in [-0.3, -0.25) is 0 Å². The highest BCUT2D eigenvalue weighted by atomic mass is 16.4. The normalized spacial score (nSPS) is 19.0. The Morgan fingerprint density at radius 3 is 3.00 bits per heavy atom. The second kappa shape index (κ2) is 7.66. The van der Waals surface area contributed by atoms with Crippen LogP contribution in [0.5, 0.6) is 0 Å². The van der Waals surface area contributed by atoms with E-state index in [0.29, 0.717) is 19.5 Å². The number of carbonyl (C=O) groups is 2. The molecule has 2 amide bonds. The SMILES string of the molecule is O=C(O)C1CCCCCN1C(=O)NCCCc1ncc[nH]1. The lowest BCUT2D eigenvalue weighted by Crippen LogP contribution is -2.49. The number of nitrogens with zero attached hydrogens (tertiary/aromatic N) is 2. The van der Waals surface area contributed by atoms with Crippen molar-refractivity contribution in [1.82, 2.24) is 20.2 Å². The molecule has 2 heterocycles. The minimum atomic E-state index is -0.914. The predicted molar refractivity (Wildman–Crippen MR) is 76.9 cm³/mol. The van der Waals surface area contributed by atoms with Crippen molar-refractivity contribution in [2.24, 2.45) is 0 Å². The van der Waals surface area contributed by atoms with Crippen molar-refractivity contribution in [1.29, 1.82) is 0 Å². The molecule has 0 bridgehead atoms. The van der Waals surface area contributed by atoms with Gasteiger partial charge >= 0.3 is 12.0 Å². The van der Waals surface area contributed by atoms with Crippen LogP contribution in [0, 0.1) is 0 Å². The second-order valence-corrected chi connectivity index (χ2v) is 5.27. The largest absolute Gasteiger partial charge is 0.480 e. The Hall–Kier alpha value is -2.05. The van der Waals surface area contributed by atoms with Crippen molar-refractivity contribution < 1.29 is 14.7 Å². The highest BCUT2D eigenvalue weighted by Gasteiger charge is 2.30. The zero-order valence-corrected chi connectivity index (χ0v) is 12.0. The van der Waals surface area contributed by atoms with Crippen molar-refractivity contribution in [3.8, 4) is 0 Å². The number of aliphatic carboxylic acids is 1. The molecule has 1 atom stereocenters. The molecular weight excluding hydrogens is 272 g/mol. The lowest BCUT2D eigenvalue weighted by Gasteiger charge is -2.27. The summed E-state index contributed by atoms with van der Waals surface area (Å²) in [5.41, 5.74) is 0. The number of carboxylic acid groups (broad SMARTS) is 1. The Kier molecular flexibility index (Phi) is 5.59. The van der Waals surface area contributed by atoms with Crippen LogP contribution in [0.25, 0.3) is 0 Å². The Labute approximate surface area is 123 Å². The summed E-state index contributed by atoms with van der Waals surface area (Å²) >= 11 is 0. The summed E-state index contributed by atoms with van der Waals surface area (Å²) in [6, 6.07) is -0.971. The fourth-order valence-corrected chi connectivity index (χ4v) is 2.60. The number of amides is 2. The predicted octanol–water partition coefficient (Wildman–Crippen LogP) is 1.38. The van der Waals surface area contributed by atoms with Gasteiger partial charge in [-0.25, -0.2) is 14.6 Å². The summed E-state index contributed by atoms with van der Waals surface area (Å²) in [4.78, 5) is 32.0. The van der Waals surface area contributed by atoms with E-state index in [2.05, 4.69) is 15.3 Å². The quantitative estimate of drug-likeness (QED) is 0.714. The molecule has 1 aliphatic heterocycles. The van der Waals surface area contributed by atoms with Crippen LogP contribution in [0.1, 0.15) is 37.9 Å². The van der Waals surface area contributed by atoms with Gasteiger partial charge in [-0.05, 0) is 19.3 Å². The maximum absolute atomic E-state index is 12.2. The average Bonchev–Trinajstić information content (AvgIpc) is 2.84. The number of imidazole rings is 1. The Morgan fingerprint density at radius 1 is 1.43 bits per heavy atom. The third-order valence-electron chi connectivity index (χ3n) is 3.72. The minimum absolute atomic E-state index is 0.274. The van der Waals surface area contributed by atoms with Crippen molar-refractivity contribution >= 4 is 12.0 Å². The number of aromatic nitrogens is 2. The van der Waals surface area contributed by atoms with E-state index in [9.17, 15) is 14.7 Å². The molecular formula is C14H22N4O3. The molecule has 1 aromatic heterocycles. The van der Waals surface area contributed by atoms with E-state index >= 15 is 0 Å². The van der Waals surface area contributed by atoms with Crippen molar-refractivity contribution in [3.05, 3.63) is 18.2 Å². The molecule has 0 aliphatic carbocycles. The molecule has 2 rings (SSSR count). The number of likely N-dealkylation sites (tertiary alicyclic amines) is 1. The van der Waals surface area contributed by atoms with Crippen LogP contribution >= 0.6 is 0 Å². The molecule has 0 saturated carbocycles. The van der Waals surface area contributed by atoms with Crippen LogP contribution in [-0.2, 0) is 11.2 Å². The maximum atomic E-state index is 12.2. The van der Waals surface area contributed by atoms with Crippen molar-refractivity contribution in [2.75, 3.05) is 13.1 Å². The molecule has 7 heteroatoms. The standard InChI is InChI=1S/C14H22N4O3/c19-13(20)11-5-2-1-3-10-18(11)14(21)17-7-4-6-12-15-8-9-16-12/h8-9,11H,1-7,10H2,(H,15,16)(H,17,21)(H,19,20). The minimum Gasteiger partial charge on any atom is -0.480 e. The number of H-pyrrole nitrogens is 1. The molecule has 1 aromatic rings. The molecule has 1 fully saturated rings. The van der Waals surface area contributed by atoms with Crippen molar-refractivity contribution in [2.45, 2.75) is 44.6 Å². The first-order chi connectivity index (χ1) is 10.2. The third-order valence-corrected chi connectivity index (χ3v) is 3.72. The molecule has 0 aromatic carbocycles. The zero-order valence-electron chi connectivity index (χ0n) is 12.0. The summed E-state index contributed by atoms with van der Waals surface area (Å²) in [6.07, 6.45) is 8.23. The van der Waals surface area contributed by atoms with Gasteiger partial charge in [-0.2, -0.15) is 0 Å². The van der Waals surface area contributed by atoms with E-state index in [-0.39, 0.29) is 6.03 Å². The number of aromatic amines is 1. The molecule has 116 valence electrons. The Morgan fingerprint density at radius 2 is 2.29 bits per heavy atom. The van der Waals surface area contributed by atoms with Gasteiger partial charge in [0, 0.05) is 31.9 Å². The van der Waals surface area contributed by atoms with E-state index < -0.39 is 12.0 Å². The zero-order chi connectivity index (χ0) is 15.1. The van der Waals surface area contributed by atoms with E-state index in [4.69, 9.17) is 0 Å². The Bertz CT molecular complexity index is 461. The maximum Gasteiger partial charge on any atom is 0.326 e. The summed E-state index contributed by atoms with van der Waals surface area (Å²) in [5.74, 6) is -0.0231. The Balaban J connectivity index is 1.78. The van der Waals surface area contributed by atoms with Gasteiger partial charge in [0.15, 0.2) is 0 Å². The molecule has 21 heavy (non-hydrogen) atoms. The van der Waals surface area contributed by atoms with Crippen LogP contribution < -0.4 is 5.32 Å². The fourth-order valence-electron chi connectivity index (χ4n) is 2.60. The molecule has 3 N–H and O–H groups in total. The average molecular weight is 294 g/mol. The lowest BCUT2D eigenvalue weighted by molar-refractivity contribution is -0.142. The molecule has 0 radical (unpaired) electrons. The number of hydrogen-bond acceptors (Lipinski definition) is 3. The molecule has 1 saturated heterocycles. The molecule has 1 aliphatic rings. The number of urea groups is 1. The summed E-state index contributed by atoms with van der Waals surface area (Å²) in [6.45, 7) is 1.03. The first-order valence-corrected chi connectivity index (χ1v) is 7.44. The number of carboxylic acids is 1. The van der Waals surface area contributed by atoms with Gasteiger partial charge in [-0.15, -0.1) is 0 Å². The van der Waals surface area contributed by atoms with E-state index in [1.165, 1.54) is 4.90 Å². The fraction of sp³-hybridized carbons (Fsp3) is 0.643. The number of hydrogen-bond donors (Lipinski definition) is 3. The molecule has 7 nitrogen and oxygen atoms in total. The van der Waals surface area contributed by atoms with Crippen LogP contribution in [-0.4, -0.2) is 51.1 Å². The number of nitrogens with one attached hydrogen (secondary N) is 2. The summed E-state index contributed by atoms with van der Waals surface area (Å²) < 4.78 is 0. The topological polar surface area (TPSA) is 98.3 Å². The molecule has 1 unspecified atom stereocenters. The highest BCUT2D eigenvalue weighted by Crippen LogP contribution is 2.17. The third kappa shape index (κ3) is 4.47. The van der Waals surface area contributed by atoms with Gasteiger partial charge in [-0.1, -0.05) is 12.8 Å². The monoisotopic (exact) mass is 294 g/mol. The number of rotatable bonds is 5. The van der Waals surface area contributed by atoms with E-state index in [1.807, 2.05) is 0 Å². The van der Waals surface area contributed by atoms with Crippen molar-refractivity contribution in [3.63, 3.8) is 0 Å². The van der Waals surface area contributed by atoms with E-state index in [0.717, 1.165) is 37.9 Å². The van der Waals surface area contributed by atoms with Crippen LogP contribution in [0.2, 0.25) is 0 Å². The van der Waals surface area contributed by atoms with Gasteiger partial charge < -0.3 is 20.3 Å². The van der Waals surface area contributed by atoms with Gasteiger partial charge in [0.1, 0.15) is 11.9 Å². The number of aryl methyl sites for hydroxylation is 1. The van der Waals surface area contributed by atoms with Gasteiger partial charge in [0.25, 0.3) is 0 Å². The lowest BCUT2D eigenvalue weighted by atomic mass is 10.1. The highest BCUT2D eigenvalue weighted by molar-refractivity contribution is 5.82. The molecule has 0 spiro atoms. The van der Waals surface area contributed by atoms with Gasteiger partial charge in [0.05, 0.1) is 0 Å². The summed E-state index contributed by atoms with van der Waals surface area (Å²) in [5, 5.41) is 12.1. The number of carbonyl (C=O) groups excluding carboxylic acids is 1. The van der Waals surface area contributed by atoms with Crippen LogP contribution in [0.4, 0.5) is 4.79 Å². The smallest absolute Gasteiger partial charge is 0.326 e. The first-order valence-electron chi connectivity index (χ1n) is 7.44. The van der Waals surface area contributed by atoms with Gasteiger partial charge in [0.2, 0.25) is 0 Å². The first kappa shape index (κ1) is 15.3.